The molecule has 1 unspecified atom stereocenters. The molecule has 5 aromatic rings. The first-order valence-corrected chi connectivity index (χ1v) is 40.0. The van der Waals surface area contributed by atoms with Crippen molar-refractivity contribution in [2.75, 3.05) is 63.8 Å². The number of carbonyl (C=O) groups is 11. The lowest BCUT2D eigenvalue weighted by molar-refractivity contribution is -0.139. The van der Waals surface area contributed by atoms with E-state index in [2.05, 4.69) is 31.5 Å². The Morgan fingerprint density at radius 2 is 1.30 bits per heavy atom. The number of aryl methyl sites for hydroxylation is 1. The van der Waals surface area contributed by atoms with Gasteiger partial charge >= 0.3 is 5.97 Å². The number of hydrogen-bond donors (Lipinski definition) is 10. The SMILES string of the molecule is CCOP(=O)(C=CSC[C@H](CC(=O)c1ccc(N=Nc2ccc(N(C)C)cc2)cc1)C(=O)NCC(=O)C[C@@H](CCC(=O)O)C(=O)N[C@@H](CO)C(=O)C[C@@H](Cc1ccc(O)cc1)C(=O)N[C@@H](CC)C(=O)C[C@@H](CCCCN)C(N)=O)CCCCC(=O)CCC(=O)NCCCc1cccc2c(S(=O)(=O)O)cccc12. The lowest BCUT2D eigenvalue weighted by atomic mass is 9.89. The van der Waals surface area contributed by atoms with Gasteiger partial charge in [0, 0.05) is 124 Å². The van der Waals surface area contributed by atoms with Crippen LogP contribution < -0.4 is 37.6 Å². The maximum absolute atomic E-state index is 14.2. The summed E-state index contributed by atoms with van der Waals surface area (Å²) in [6.07, 6.45) is 0.209. The van der Waals surface area contributed by atoms with Crippen molar-refractivity contribution < 1.29 is 90.1 Å². The number of ketones is 5. The number of Topliss-reactive ketones (excluding diaryl/α,β-unsaturated/α-hetero) is 5. The van der Waals surface area contributed by atoms with Crippen LogP contribution in [0.1, 0.15) is 138 Å². The third-order valence-corrected chi connectivity index (χ3v) is 22.1. The number of carbonyl (C=O) groups excluding carboxylic acids is 10. The molecule has 0 radical (unpaired) electrons. The highest BCUT2D eigenvalue weighted by molar-refractivity contribution is 8.02. The second-order valence-electron chi connectivity index (χ2n) is 26.3. The van der Waals surface area contributed by atoms with E-state index in [0.717, 1.165) is 23.0 Å². The summed E-state index contributed by atoms with van der Waals surface area (Å²) in [7, 11) is -4.11. The topological polar surface area (TPSA) is 457 Å². The van der Waals surface area contributed by atoms with Crippen LogP contribution in [-0.4, -0.2) is 164 Å². The minimum Gasteiger partial charge on any atom is -0.508 e. The second-order valence-corrected chi connectivity index (χ2v) is 31.0. The summed E-state index contributed by atoms with van der Waals surface area (Å²) in [5.41, 5.74) is 14.7. The van der Waals surface area contributed by atoms with Gasteiger partial charge in [-0.3, -0.25) is 61.9 Å². The van der Waals surface area contributed by atoms with E-state index in [9.17, 15) is 85.6 Å². The van der Waals surface area contributed by atoms with Crippen LogP contribution in [0.3, 0.4) is 0 Å². The molecular weight excluding hydrogens is 1440 g/mol. The molecule has 5 aromatic carbocycles. The van der Waals surface area contributed by atoms with E-state index in [4.69, 9.17) is 16.0 Å². The molecule has 12 N–H and O–H groups in total. The molecule has 0 aliphatic rings. The number of nitrogens with one attached hydrogen (secondary N) is 4. The van der Waals surface area contributed by atoms with Crippen LogP contribution in [0.4, 0.5) is 17.1 Å². The van der Waals surface area contributed by atoms with Gasteiger partial charge in [0.25, 0.3) is 10.1 Å². The highest BCUT2D eigenvalue weighted by atomic mass is 32.2. The molecule has 31 heteroatoms. The minimum atomic E-state index is -4.44. The molecule has 0 aromatic heterocycles. The predicted octanol–water partition coefficient (Wildman–Crippen LogP) is 9.19. The highest BCUT2D eigenvalue weighted by Gasteiger charge is 2.34. The van der Waals surface area contributed by atoms with E-state index >= 15 is 0 Å². The Morgan fingerprint density at radius 1 is 0.664 bits per heavy atom. The Labute approximate surface area is 628 Å². The molecule has 0 aliphatic carbocycles. The summed E-state index contributed by atoms with van der Waals surface area (Å²) < 4.78 is 53.3. The number of fused-ring (bicyclic) bond motifs is 1. The number of benzene rings is 5. The second kappa shape index (κ2) is 45.5. The van der Waals surface area contributed by atoms with Crippen molar-refractivity contribution in [3.63, 3.8) is 0 Å². The van der Waals surface area contributed by atoms with E-state index in [1.54, 1.807) is 62.4 Å². The predicted molar refractivity (Wildman–Crippen MR) is 407 cm³/mol. The molecule has 0 fully saturated rings. The molecule has 5 rings (SSSR count). The van der Waals surface area contributed by atoms with E-state index in [0.29, 0.717) is 85.7 Å². The van der Waals surface area contributed by atoms with Gasteiger partial charge < -0.3 is 57.5 Å². The number of anilines is 1. The van der Waals surface area contributed by atoms with Crippen LogP contribution in [0.15, 0.2) is 136 Å². The number of aliphatic hydroxyl groups is 1. The normalized spacial score (nSPS) is 13.9. The number of aliphatic hydroxyl groups excluding tert-OH is 1. The van der Waals surface area contributed by atoms with Crippen LogP contribution in [0, 0.1) is 23.7 Å². The number of nitrogens with zero attached hydrogens (tertiary/aromatic N) is 3. The monoisotopic (exact) mass is 1540 g/mol. The number of nitrogens with two attached hydrogens (primary N) is 2. The summed E-state index contributed by atoms with van der Waals surface area (Å²) in [5, 5.41) is 51.7. The van der Waals surface area contributed by atoms with Crippen LogP contribution in [-0.2, 0) is 80.0 Å². The molecule has 5 amide bonds. The Balaban J connectivity index is 1.22. The molecular formula is C76H100N9O19PS2. The lowest BCUT2D eigenvalue weighted by Crippen LogP contribution is -2.49. The van der Waals surface area contributed by atoms with Gasteiger partial charge in [-0.1, -0.05) is 55.8 Å². The van der Waals surface area contributed by atoms with E-state index in [1.165, 1.54) is 53.7 Å². The van der Waals surface area contributed by atoms with Gasteiger partial charge in [-0.2, -0.15) is 18.6 Å². The van der Waals surface area contributed by atoms with Crippen molar-refractivity contribution in [1.29, 1.82) is 0 Å². The summed E-state index contributed by atoms with van der Waals surface area (Å²) in [6, 6.07) is 26.2. The largest absolute Gasteiger partial charge is 0.508 e. The third kappa shape index (κ3) is 31.3. The number of rotatable bonds is 52. The molecule has 0 heterocycles. The van der Waals surface area contributed by atoms with Crippen LogP contribution in [0.2, 0.25) is 0 Å². The number of carboxylic acid groups (broad SMARTS) is 1. The molecule has 0 bridgehead atoms. The van der Waals surface area contributed by atoms with E-state index in [-0.39, 0.29) is 84.9 Å². The van der Waals surface area contributed by atoms with Gasteiger partial charge in [-0.25, -0.2) is 0 Å². The Bertz CT molecular complexity index is 4080. The van der Waals surface area contributed by atoms with Crippen molar-refractivity contribution in [2.24, 2.45) is 45.4 Å². The number of aliphatic carboxylic acids is 1. The zero-order chi connectivity index (χ0) is 78.6. The molecule has 0 aliphatic heterocycles. The van der Waals surface area contributed by atoms with E-state index in [1.807, 2.05) is 37.2 Å². The maximum atomic E-state index is 14.2. The number of hydrogen-bond acceptors (Lipinski definition) is 22. The quantitative estimate of drug-likeness (QED) is 0.00570. The molecule has 0 spiro atoms. The number of carboxylic acids is 1. The summed E-state index contributed by atoms with van der Waals surface area (Å²) in [4.78, 5) is 149. The van der Waals surface area contributed by atoms with Gasteiger partial charge in [0.15, 0.2) is 23.1 Å². The summed E-state index contributed by atoms with van der Waals surface area (Å²) >= 11 is 1.03. The number of phenols is 1. The number of amides is 5. The third-order valence-electron chi connectivity index (χ3n) is 17.8. The number of phenolic OH excluding ortho intramolecular Hbond substituents is 1. The first-order chi connectivity index (χ1) is 51.0. The lowest BCUT2D eigenvalue weighted by Gasteiger charge is -2.24. The standard InChI is InChI=1S/C76H100N9O19PS2/c1-5-65(68(91)44-53(73(78)96)14-7-9-37-77)81-76(99)55(42-50-21-32-61(88)33-22-50)45-69(92)66(48-86)82-75(98)54(25-36-72(94)95)43-62(89)47-80-74(97)56(46-67(90)52-23-26-57(27-24-52)83-84-58-28-30-59(31-29-58)85(3)4)49-106-41-40-105(100,104-6-2)39-10-8-17-60(87)34-35-71(93)79-38-13-16-51-15-11-19-64-63(51)18-12-20-70(64)107(101,102)103/h11-12,15,18-24,26-33,40-41,53-56,65-66,86,88H,5-10,13-14,16-17,25,34-39,42-49,77H2,1-4H3,(H2,78,96)(H,79,93)(H,80,97)(H,81,99)(H,82,98)(H,94,95)(H,101,102,103)/t53-,54-,55-,56+,65+,66+,105?/m1/s1. The minimum absolute atomic E-state index is 0.0183. The number of unbranched alkanes of at least 4 members (excludes halogenated alkanes) is 2. The molecule has 107 heavy (non-hydrogen) atoms. The number of aromatic hydroxyl groups is 1. The average Bonchev–Trinajstić information content (AvgIpc) is 0.787. The van der Waals surface area contributed by atoms with Crippen molar-refractivity contribution in [3.05, 3.63) is 137 Å². The Hall–Kier alpha value is -9.16. The van der Waals surface area contributed by atoms with Crippen molar-refractivity contribution >= 4 is 122 Å². The van der Waals surface area contributed by atoms with Crippen LogP contribution >= 0.6 is 19.1 Å². The molecule has 0 saturated heterocycles. The molecule has 580 valence electrons. The maximum Gasteiger partial charge on any atom is 0.303 e. The van der Waals surface area contributed by atoms with Crippen molar-refractivity contribution in [3.8, 4) is 5.75 Å². The van der Waals surface area contributed by atoms with Crippen molar-refractivity contribution in [2.45, 2.75) is 146 Å². The summed E-state index contributed by atoms with van der Waals surface area (Å²) in [6.45, 7) is 2.34. The number of primary amides is 1. The van der Waals surface area contributed by atoms with E-state index < -0.39 is 151 Å². The van der Waals surface area contributed by atoms with Gasteiger partial charge in [-0.15, -0.1) is 11.8 Å². The van der Waals surface area contributed by atoms with Gasteiger partial charge in [-0.05, 0) is 160 Å². The Morgan fingerprint density at radius 3 is 1.93 bits per heavy atom. The summed E-state index contributed by atoms with van der Waals surface area (Å²) in [5.74, 6) is -11.0. The molecule has 28 nitrogen and oxygen atoms in total. The molecule has 0 saturated carbocycles. The van der Waals surface area contributed by atoms with Crippen LogP contribution in [0.25, 0.3) is 10.8 Å². The first kappa shape index (κ1) is 88.5. The number of thioether (sulfide) groups is 1. The smallest absolute Gasteiger partial charge is 0.303 e. The van der Waals surface area contributed by atoms with Gasteiger partial charge in [0.2, 0.25) is 36.9 Å². The fraction of sp³-hybridized carbons (Fsp3) is 0.461. The highest BCUT2D eigenvalue weighted by Crippen LogP contribution is 2.50. The van der Waals surface area contributed by atoms with Gasteiger partial charge in [0.05, 0.1) is 43.1 Å². The fourth-order valence-corrected chi connectivity index (χ4v) is 15.6. The molecule has 7 atom stereocenters. The first-order valence-electron chi connectivity index (χ1n) is 35.6. The van der Waals surface area contributed by atoms with Gasteiger partial charge in [0.1, 0.15) is 22.5 Å². The zero-order valence-corrected chi connectivity index (χ0v) is 63.4. The Kier molecular flexibility index (Phi) is 37.6. The average molecular weight is 1540 g/mol. The fourth-order valence-electron chi connectivity index (χ4n) is 11.7. The van der Waals surface area contributed by atoms with Crippen molar-refractivity contribution in [1.82, 2.24) is 21.3 Å². The zero-order valence-electron chi connectivity index (χ0n) is 60.9. The number of azo groups is 1. The van der Waals surface area contributed by atoms with Crippen LogP contribution in [0.5, 0.6) is 5.75 Å².